The SMILES string of the molecule is CCCCCCCC(CC)Oc1c2nc(cc3cc(-c4ccccc4)c([nH]3)c(OC(CC)CCCCCCC)c3nc(c(OC(CC)CCCCCCC)c4ccc1[nH]4)C=C3)C=C2.I.I. The molecule has 0 spiro atoms. The van der Waals surface area contributed by atoms with Crippen LogP contribution < -0.4 is 14.2 Å². The summed E-state index contributed by atoms with van der Waals surface area (Å²) < 4.78 is 21.4. The highest BCUT2D eigenvalue weighted by Gasteiger charge is 2.22. The van der Waals surface area contributed by atoms with E-state index >= 15 is 0 Å². The summed E-state index contributed by atoms with van der Waals surface area (Å²) in [6.45, 7) is 13.5. The van der Waals surface area contributed by atoms with Crippen LogP contribution in [0.2, 0.25) is 0 Å². The molecule has 0 aliphatic carbocycles. The number of hydrogen-bond acceptors (Lipinski definition) is 5. The lowest BCUT2D eigenvalue weighted by Crippen LogP contribution is -2.16. The van der Waals surface area contributed by atoms with E-state index in [1.807, 2.05) is 0 Å². The van der Waals surface area contributed by atoms with Gasteiger partial charge in [-0.1, -0.05) is 149 Å². The largest absolute Gasteiger partial charge is 0.486 e. The van der Waals surface area contributed by atoms with Gasteiger partial charge < -0.3 is 24.2 Å². The molecule has 5 heterocycles. The summed E-state index contributed by atoms with van der Waals surface area (Å²) in [6.07, 6.45) is 32.9. The van der Waals surface area contributed by atoms with E-state index in [0.717, 1.165) is 131 Å². The number of nitrogens with one attached hydrogen (secondary N) is 2. The summed E-state index contributed by atoms with van der Waals surface area (Å²) in [7, 11) is 0. The van der Waals surface area contributed by atoms with Crippen molar-refractivity contribution in [3.05, 3.63) is 77.4 Å². The summed E-state index contributed by atoms with van der Waals surface area (Å²) in [5, 5.41) is 0. The zero-order chi connectivity index (χ0) is 44.2. The van der Waals surface area contributed by atoms with Gasteiger partial charge in [0, 0.05) is 11.1 Å². The summed E-state index contributed by atoms with van der Waals surface area (Å²) in [5.74, 6) is 2.29. The number of benzene rings is 1. The maximum atomic E-state index is 7.21. The minimum atomic E-state index is 0. The second kappa shape index (κ2) is 29.4. The number of hydrogen-bond donors (Lipinski definition) is 2. The predicted molar refractivity (Wildman–Crippen MR) is 299 cm³/mol. The molecule has 3 unspecified atom stereocenters. The summed E-state index contributed by atoms with van der Waals surface area (Å²) in [6, 6.07) is 19.2. The first kappa shape index (κ1) is 54.3. The molecule has 0 radical (unpaired) electrons. The van der Waals surface area contributed by atoms with Crippen molar-refractivity contribution in [1.29, 1.82) is 0 Å². The molecule has 65 heavy (non-hydrogen) atoms. The van der Waals surface area contributed by atoms with E-state index in [0.29, 0.717) is 0 Å². The van der Waals surface area contributed by atoms with Crippen molar-refractivity contribution in [3.8, 4) is 28.4 Å². The highest BCUT2D eigenvalue weighted by molar-refractivity contribution is 14.0. The van der Waals surface area contributed by atoms with Gasteiger partial charge in [-0.25, -0.2) is 9.97 Å². The number of fused-ring (bicyclic) bond motifs is 8. The van der Waals surface area contributed by atoms with Gasteiger partial charge in [-0.05, 0) is 112 Å². The van der Waals surface area contributed by atoms with Crippen LogP contribution in [0.1, 0.15) is 199 Å². The van der Waals surface area contributed by atoms with E-state index in [-0.39, 0.29) is 66.3 Å². The molecule has 4 aromatic rings. The second-order valence-electron chi connectivity index (χ2n) is 17.8. The van der Waals surface area contributed by atoms with Gasteiger partial charge in [0.25, 0.3) is 0 Å². The Morgan fingerprint density at radius 1 is 0.462 bits per heavy atom. The lowest BCUT2D eigenvalue weighted by atomic mass is 10.1. The maximum absolute atomic E-state index is 7.21. The third-order valence-corrected chi connectivity index (χ3v) is 12.7. The van der Waals surface area contributed by atoms with Crippen molar-refractivity contribution < 1.29 is 14.2 Å². The van der Waals surface area contributed by atoms with Crippen molar-refractivity contribution in [3.63, 3.8) is 0 Å². The van der Waals surface area contributed by atoms with Crippen LogP contribution in [-0.4, -0.2) is 38.2 Å². The Kier molecular flexibility index (Phi) is 24.6. The standard InChI is InChI=1S/C56H78N4O3.2HI/c1-7-13-16-19-25-30-44(10-4)61-54-48-34-33-42(57-48)39-43-40-47(41-28-23-22-24-29-41)53(58-43)56(63-46(12-6)32-27-21-18-15-9-3)52-38-37-51(60-52)55(50-36-35-49(54)59-50)62-45(11-5)31-26-20-17-14-8-2;;/h22-24,28-29,33-40,44-46,58-59H,7-21,25-27,30-32H2,1-6H3;2*1H. The smallest absolute Gasteiger partial charge is 0.169 e. The van der Waals surface area contributed by atoms with E-state index in [4.69, 9.17) is 24.2 Å². The number of rotatable bonds is 28. The first-order valence-corrected chi connectivity index (χ1v) is 25.2. The highest BCUT2D eigenvalue weighted by atomic mass is 127. The minimum absolute atomic E-state index is 0. The maximum Gasteiger partial charge on any atom is 0.169 e. The van der Waals surface area contributed by atoms with Crippen LogP contribution in [0.25, 0.3) is 57.5 Å². The van der Waals surface area contributed by atoms with E-state index in [1.165, 1.54) is 77.0 Å². The highest BCUT2D eigenvalue weighted by Crippen LogP contribution is 2.39. The molecule has 7 nitrogen and oxygen atoms in total. The van der Waals surface area contributed by atoms with E-state index in [2.05, 4.69) is 130 Å². The number of ether oxygens (including phenoxy) is 3. The first-order valence-electron chi connectivity index (χ1n) is 25.2. The van der Waals surface area contributed by atoms with Crippen LogP contribution in [0.3, 0.4) is 0 Å². The zero-order valence-electron chi connectivity index (χ0n) is 40.5. The lowest BCUT2D eigenvalue weighted by molar-refractivity contribution is 0.182. The van der Waals surface area contributed by atoms with Crippen molar-refractivity contribution >= 4 is 94.3 Å². The van der Waals surface area contributed by atoms with Gasteiger partial charge in [-0.3, -0.25) is 0 Å². The topological polar surface area (TPSA) is 85.1 Å². The number of H-pyrrole nitrogens is 2. The Labute approximate surface area is 425 Å². The molecule has 2 N–H and O–H groups in total. The summed E-state index contributed by atoms with van der Waals surface area (Å²) in [4.78, 5) is 18.3. The Bertz CT molecular complexity index is 2230. The number of nitrogens with zero attached hydrogens (tertiary/aromatic N) is 2. The average Bonchev–Trinajstić information content (AvgIpc) is 4.16. The van der Waals surface area contributed by atoms with E-state index < -0.39 is 0 Å². The Morgan fingerprint density at radius 3 is 1.40 bits per heavy atom. The van der Waals surface area contributed by atoms with Crippen molar-refractivity contribution in [1.82, 2.24) is 19.9 Å². The molecule has 2 aliphatic heterocycles. The van der Waals surface area contributed by atoms with Gasteiger partial charge in [0.1, 0.15) is 17.1 Å². The first-order chi connectivity index (χ1) is 31.0. The lowest BCUT2D eigenvalue weighted by Gasteiger charge is -2.19. The molecule has 1 aromatic carbocycles. The van der Waals surface area contributed by atoms with Crippen molar-refractivity contribution in [2.75, 3.05) is 0 Å². The molecule has 3 aromatic heterocycles. The normalized spacial score (nSPS) is 13.2. The van der Waals surface area contributed by atoms with Gasteiger partial charge in [0.2, 0.25) is 0 Å². The molecule has 9 heteroatoms. The van der Waals surface area contributed by atoms with Crippen LogP contribution in [0.4, 0.5) is 0 Å². The van der Waals surface area contributed by atoms with Crippen molar-refractivity contribution in [2.24, 2.45) is 0 Å². The molecular weight excluding hydrogens is 1030 g/mol. The predicted octanol–water partition coefficient (Wildman–Crippen LogP) is 18.1. The Morgan fingerprint density at radius 2 is 0.908 bits per heavy atom. The van der Waals surface area contributed by atoms with Crippen LogP contribution in [-0.2, 0) is 0 Å². The van der Waals surface area contributed by atoms with Crippen LogP contribution in [0, 0.1) is 0 Å². The van der Waals surface area contributed by atoms with Gasteiger partial charge in [0.15, 0.2) is 17.2 Å². The molecule has 0 fully saturated rings. The Hall–Kier alpha value is -3.32. The summed E-state index contributed by atoms with van der Waals surface area (Å²) in [5.41, 5.74) is 9.08. The fraction of sp³-hybridized carbons (Fsp3) is 0.536. The number of aromatic amines is 2. The summed E-state index contributed by atoms with van der Waals surface area (Å²) >= 11 is 0. The van der Waals surface area contributed by atoms with Gasteiger partial charge >= 0.3 is 0 Å². The molecule has 0 amide bonds. The molecule has 3 atom stereocenters. The molecule has 6 rings (SSSR count). The molecule has 356 valence electrons. The third kappa shape index (κ3) is 15.9. The number of aromatic nitrogens is 4. The molecule has 8 bridgehead atoms. The van der Waals surface area contributed by atoms with Gasteiger partial charge in [-0.15, -0.1) is 48.0 Å². The van der Waals surface area contributed by atoms with Crippen LogP contribution in [0.5, 0.6) is 17.2 Å². The monoisotopic (exact) mass is 1110 g/mol. The van der Waals surface area contributed by atoms with E-state index in [1.54, 1.807) is 0 Å². The minimum Gasteiger partial charge on any atom is -0.486 e. The van der Waals surface area contributed by atoms with Crippen molar-refractivity contribution in [2.45, 2.75) is 195 Å². The molecule has 2 aliphatic rings. The average molecular weight is 1110 g/mol. The third-order valence-electron chi connectivity index (χ3n) is 12.7. The van der Waals surface area contributed by atoms with Gasteiger partial charge in [-0.2, -0.15) is 0 Å². The molecule has 0 saturated heterocycles. The quantitative estimate of drug-likeness (QED) is 0.0378. The number of halogens is 2. The second-order valence-corrected chi connectivity index (χ2v) is 17.8. The Balaban J connectivity index is 0.00000462. The molecule has 0 saturated carbocycles. The fourth-order valence-corrected chi connectivity index (χ4v) is 8.83. The van der Waals surface area contributed by atoms with Crippen LogP contribution in [0.15, 0.2) is 54.6 Å². The van der Waals surface area contributed by atoms with Gasteiger partial charge in [0.05, 0.1) is 40.6 Å². The zero-order valence-corrected chi connectivity index (χ0v) is 45.2. The molecular formula is C56H80I2N4O3. The van der Waals surface area contributed by atoms with E-state index in [9.17, 15) is 0 Å². The fourth-order valence-electron chi connectivity index (χ4n) is 8.83. The number of unbranched alkanes of at least 4 members (excludes halogenated alkanes) is 12. The van der Waals surface area contributed by atoms with Crippen LogP contribution >= 0.6 is 48.0 Å².